The Morgan fingerprint density at radius 2 is 0.688 bits per heavy atom. The summed E-state index contributed by atoms with van der Waals surface area (Å²) in [6.45, 7) is 9.02. The Morgan fingerprint density at radius 1 is 0.355 bits per heavy atom. The maximum Gasteiger partial charge on any atom is 0.415 e. The van der Waals surface area contributed by atoms with E-state index in [-0.39, 0.29) is 35.2 Å². The van der Waals surface area contributed by atoms with E-state index in [1.54, 1.807) is 93.2 Å². The summed E-state index contributed by atoms with van der Waals surface area (Å²) in [5, 5.41) is 19.7. The fraction of sp³-hybridized carbons (Fsp3) is 0.264. The first-order chi connectivity index (χ1) is 67.4. The number of fused-ring (bicyclic) bond motifs is 10. The van der Waals surface area contributed by atoms with Gasteiger partial charge < -0.3 is 58.2 Å². The molecule has 0 radical (unpaired) electrons. The Morgan fingerprint density at radius 3 is 1.04 bits per heavy atom. The van der Waals surface area contributed by atoms with Crippen LogP contribution in [0.3, 0.4) is 0 Å². The molecule has 0 atom stereocenters. The Hall–Kier alpha value is -14.6. The number of aromatic amines is 2. The molecule has 6 aromatic carbocycles. The third-order valence-electron chi connectivity index (χ3n) is 26.2. The summed E-state index contributed by atoms with van der Waals surface area (Å²) in [5.74, 6) is 2.24. The smallest absolute Gasteiger partial charge is 0.415 e. The molecular formula is C106H96Cl4N16O12. The number of ether oxygens (including phenoxy) is 4. The lowest BCUT2D eigenvalue weighted by atomic mass is 9.88. The lowest BCUT2D eigenvalue weighted by Gasteiger charge is -2.29. The second-order valence-corrected chi connectivity index (χ2v) is 36.1. The van der Waals surface area contributed by atoms with Crippen molar-refractivity contribution < 1.29 is 47.8 Å². The second-order valence-electron chi connectivity index (χ2n) is 34.3. The lowest BCUT2D eigenvalue weighted by Crippen LogP contribution is -2.38. The molecule has 4 amide bonds. The largest absolute Gasteiger partial charge is 0.450 e. The van der Waals surface area contributed by atoms with E-state index in [2.05, 4.69) is 58.8 Å². The van der Waals surface area contributed by atoms with Crippen LogP contribution in [0.1, 0.15) is 155 Å². The molecule has 4 aliphatic carbocycles. The van der Waals surface area contributed by atoms with Gasteiger partial charge in [-0.3, -0.25) is 29.5 Å². The lowest BCUT2D eigenvalue weighted by molar-refractivity contribution is 0.103. The van der Waals surface area contributed by atoms with Crippen LogP contribution in [0.2, 0.25) is 20.1 Å². The number of amides is 4. The number of nitrogens with zero attached hydrogens (tertiary/aromatic N) is 14. The number of hydrogen-bond donors (Lipinski definition) is 2. The Labute approximate surface area is 814 Å². The highest BCUT2D eigenvalue weighted by molar-refractivity contribution is 6.31. The number of rotatable bonds is 8. The van der Waals surface area contributed by atoms with Crippen LogP contribution >= 0.6 is 46.4 Å². The summed E-state index contributed by atoms with van der Waals surface area (Å²) in [7, 11) is 0. The molecule has 0 bridgehead atoms. The van der Waals surface area contributed by atoms with Gasteiger partial charge in [0.05, 0.1) is 48.4 Å². The minimum absolute atomic E-state index is 0.0493. The van der Waals surface area contributed by atoms with Crippen LogP contribution in [0.5, 0.6) is 23.0 Å². The number of hydrogen-bond acceptors (Lipinski definition) is 20. The highest BCUT2D eigenvalue weighted by Crippen LogP contribution is 2.46. The minimum atomic E-state index is -0.371. The van der Waals surface area contributed by atoms with Crippen molar-refractivity contribution in [2.45, 2.75) is 117 Å². The number of pyridine rings is 6. The first-order valence-electron chi connectivity index (χ1n) is 46.4. The summed E-state index contributed by atoms with van der Waals surface area (Å²) >= 11 is 25.4. The predicted octanol–water partition coefficient (Wildman–Crippen LogP) is 20.2. The van der Waals surface area contributed by atoms with Crippen LogP contribution in [-0.2, 0) is 60.8 Å². The maximum atomic E-state index is 12.8. The molecule has 8 aliphatic rings. The predicted molar refractivity (Wildman–Crippen MR) is 527 cm³/mol. The summed E-state index contributed by atoms with van der Waals surface area (Å²) < 4.78 is 21.3. The molecule has 4 fully saturated rings. The number of H-pyrrole nitrogens is 2. The molecule has 28 nitrogen and oxygen atoms in total. The van der Waals surface area contributed by atoms with Gasteiger partial charge in [0.1, 0.15) is 22.1 Å². The van der Waals surface area contributed by atoms with E-state index in [1.807, 2.05) is 129 Å². The van der Waals surface area contributed by atoms with Crippen LogP contribution in [0.4, 0.5) is 19.2 Å². The molecule has 14 aromatic rings. The molecule has 2 N–H and O–H groups in total. The van der Waals surface area contributed by atoms with Crippen molar-refractivity contribution in [1.29, 1.82) is 0 Å². The number of piperidine rings is 4. The van der Waals surface area contributed by atoms with E-state index in [0.29, 0.717) is 147 Å². The van der Waals surface area contributed by atoms with Crippen LogP contribution in [0, 0.1) is 0 Å². The molecule has 4 aliphatic heterocycles. The van der Waals surface area contributed by atoms with E-state index in [0.717, 1.165) is 193 Å². The molecule has 12 heterocycles. The quantitative estimate of drug-likeness (QED) is 0.143. The molecule has 0 spiro atoms. The van der Waals surface area contributed by atoms with Crippen molar-refractivity contribution in [3.05, 3.63) is 372 Å². The fourth-order valence-electron chi connectivity index (χ4n) is 19.5. The first-order valence-corrected chi connectivity index (χ1v) is 47.9. The summed E-state index contributed by atoms with van der Waals surface area (Å²) in [4.78, 5) is 122. The molecule has 0 unspecified atom stereocenters. The van der Waals surface area contributed by atoms with E-state index >= 15 is 0 Å². The summed E-state index contributed by atoms with van der Waals surface area (Å²) in [5.41, 5.74) is 28.9. The van der Waals surface area contributed by atoms with Gasteiger partial charge in [-0.2, -0.15) is 0 Å². The first kappa shape index (κ1) is 92.5. The van der Waals surface area contributed by atoms with Gasteiger partial charge in [-0.05, 0) is 269 Å². The highest BCUT2D eigenvalue weighted by atomic mass is 35.5. The van der Waals surface area contributed by atoms with Crippen molar-refractivity contribution >= 4 is 115 Å². The number of aryl methyl sites for hydroxylation is 4. The van der Waals surface area contributed by atoms with Crippen LogP contribution < -0.4 is 30.0 Å². The van der Waals surface area contributed by atoms with Crippen molar-refractivity contribution in [2.75, 3.05) is 65.6 Å². The number of para-hydroxylation sites is 2. The van der Waals surface area contributed by atoms with Gasteiger partial charge in [0.25, 0.3) is 0 Å². The van der Waals surface area contributed by atoms with Gasteiger partial charge in [-0.25, -0.2) is 19.2 Å². The van der Waals surface area contributed by atoms with Crippen LogP contribution in [-0.4, -0.2) is 170 Å². The molecule has 700 valence electrons. The molecule has 22 rings (SSSR count). The van der Waals surface area contributed by atoms with Crippen molar-refractivity contribution in [3.8, 4) is 23.0 Å². The number of halogens is 4. The zero-order valence-electron chi connectivity index (χ0n) is 75.8. The van der Waals surface area contributed by atoms with E-state index in [4.69, 9.17) is 85.0 Å². The monoisotopic (exact) mass is 1920 g/mol. The standard InChI is InChI=1S/C31H25ClN6O3.C28H26ClN5O3.C25H22ClN3O3.C22H23ClN2O3/c32-22-8-10-24-21(18-22)7-9-25-28(41-38-27-6-2-1-5-26(27)35-36-38)11-15-34-30(25)29(24)20-12-16-37(17-13-20)31(39)40-23-4-3-14-33-19-23;1-2-36-28(35)33-15-12-18(13-16-33)26-21-10-8-20(29)17-19(21)7-9-22-25(11-14-30-27(22)26)37-34-24-6-4-3-5-23(24)31-32-34;26-18-4-6-20-17(14-18)3-5-21-22(30)7-11-28-24(21)23(20)16-8-12-29(13-9-16)25(31)32-19-2-1-10-27-15-19;1-2-28-22(27)25-11-8-14(9-12-25)20-17-6-4-16(23)13-15(17)3-5-18-19(26)7-10-24-21(18)20/h1-6,8,10-11,14-15,18-19H,7,9,12-13,16-17H2;3-6,8,10-11,14,17H,2,7,9,12-13,15-16H2,1H3;1-2,4,6-7,10-11,14-15H,3,5,8-9,12-13H2,(H,28,30);4,6-7,10,13H,2-3,5,8-9,11-12H2,1H3,(H,24,26). The maximum absolute atomic E-state index is 12.8. The SMILES string of the molecule is CCOC(=O)N1CCC(=C2c3ccc(Cl)cc3CCc3c(On4nnc5ccccc54)ccnc32)CC1.CCOC(=O)N1CCC(=C2c3ccc(Cl)cc3CCc3c2[nH]ccc3=O)CC1.O=C(Oc1cccnc1)N1CCC(=C2c3ccc(Cl)cc3CCc3c(On4nnc5ccccc54)ccnc32)CC1.O=C(Oc1cccnc1)N1CCC(=C2c3ccc(Cl)cc3CCc3c2[nH]ccc3=O)CC1. The van der Waals surface area contributed by atoms with E-state index in [9.17, 15) is 28.8 Å². The Balaban J connectivity index is 0.000000119. The number of carbonyl (C=O) groups is 4. The molecule has 138 heavy (non-hydrogen) atoms. The second kappa shape index (κ2) is 41.9. The molecule has 8 aromatic heterocycles. The Kier molecular flexibility index (Phi) is 28.1. The minimum Gasteiger partial charge on any atom is -0.450 e. The zero-order valence-corrected chi connectivity index (χ0v) is 78.9. The molecule has 4 saturated heterocycles. The van der Waals surface area contributed by atoms with E-state index < -0.39 is 0 Å². The van der Waals surface area contributed by atoms with Crippen molar-refractivity contribution in [3.63, 3.8) is 0 Å². The molecule has 0 saturated carbocycles. The topological polar surface area (TPSA) is 315 Å². The van der Waals surface area contributed by atoms with Gasteiger partial charge in [0.15, 0.2) is 33.9 Å². The van der Waals surface area contributed by atoms with Crippen molar-refractivity contribution in [1.82, 2.24) is 79.8 Å². The summed E-state index contributed by atoms with van der Waals surface area (Å²) in [6, 6.07) is 53.2. The third-order valence-corrected chi connectivity index (χ3v) is 27.1. The van der Waals surface area contributed by atoms with Gasteiger partial charge >= 0.3 is 24.4 Å². The summed E-state index contributed by atoms with van der Waals surface area (Å²) in [6.07, 6.45) is 23.8. The number of likely N-dealkylation sites (tertiary alicyclic amines) is 4. The van der Waals surface area contributed by atoms with Gasteiger partial charge in [0.2, 0.25) is 0 Å². The zero-order chi connectivity index (χ0) is 94.9. The van der Waals surface area contributed by atoms with Crippen LogP contribution in [0.25, 0.3) is 44.4 Å². The number of nitrogens with one attached hydrogen (secondary N) is 2. The molecule has 32 heteroatoms. The van der Waals surface area contributed by atoms with Crippen LogP contribution in [0.15, 0.2) is 251 Å². The number of benzene rings is 6. The Bertz CT molecular complexity index is 7260. The fourth-order valence-corrected chi connectivity index (χ4v) is 20.3. The molecular weight excluding hydrogens is 1830 g/mol. The number of carbonyl (C=O) groups excluding carboxylic acids is 4. The average molecular weight is 1930 g/mol. The highest BCUT2D eigenvalue weighted by Gasteiger charge is 2.36. The van der Waals surface area contributed by atoms with Gasteiger partial charge in [0, 0.05) is 178 Å². The van der Waals surface area contributed by atoms with E-state index in [1.165, 1.54) is 49.9 Å². The third kappa shape index (κ3) is 20.2. The number of aromatic nitrogens is 12. The van der Waals surface area contributed by atoms with Gasteiger partial charge in [-0.1, -0.05) is 127 Å². The van der Waals surface area contributed by atoms with Gasteiger partial charge in [-0.15, -0.1) is 10.2 Å². The average Bonchev–Trinajstić information content (AvgIpc) is 1.55. The normalized spacial score (nSPS) is 15.4. The van der Waals surface area contributed by atoms with Crippen molar-refractivity contribution in [2.24, 2.45) is 0 Å².